The third-order valence-electron chi connectivity index (χ3n) is 7.83. The van der Waals surface area contributed by atoms with Gasteiger partial charge in [-0.3, -0.25) is 9.59 Å². The van der Waals surface area contributed by atoms with Gasteiger partial charge in [-0.15, -0.1) is 4.48 Å². The number of hydrogen-bond acceptors (Lipinski definition) is 10. The lowest BCUT2D eigenvalue weighted by molar-refractivity contribution is -0.144. The second-order valence-corrected chi connectivity index (χ2v) is 11.2. The van der Waals surface area contributed by atoms with E-state index in [9.17, 15) is 24.3 Å². The van der Waals surface area contributed by atoms with Gasteiger partial charge in [-0.05, 0) is 50.5 Å². The number of carbonyl (C=O) groups is 2. The zero-order chi connectivity index (χ0) is 30.0. The first-order chi connectivity index (χ1) is 20.2. The molecule has 5 rings (SSSR count). The number of aliphatic hydroxyl groups is 2. The standard InChI is InChI=1S/C29H35FN8O4/c1-29(2,16-40)28(42)37-11-3-4-19(14-37)26-35-23(24-25(31)33-13-21(15-39)38(24)26)17-5-7-18(8-6-17)27(41)34-22-12-20(36-30)9-10-32-22/h5-10,12-13,19,26,35,39-40H,3-4,11,14-16H2,1-2H3,(H2,31,33)(H2,32,34,36,41). The molecule has 0 bridgehead atoms. The number of fused-ring (bicyclic) bond motifs is 1. The summed E-state index contributed by atoms with van der Waals surface area (Å²) < 4.78 is 12.7. The average molecular weight is 579 g/mol. The van der Waals surface area contributed by atoms with E-state index in [1.807, 2.05) is 4.90 Å². The molecule has 2 unspecified atom stereocenters. The minimum atomic E-state index is -0.880. The summed E-state index contributed by atoms with van der Waals surface area (Å²) in [5, 5.41) is 26.2. The van der Waals surface area contributed by atoms with Crippen LogP contribution in [0.25, 0.3) is 5.70 Å². The number of anilines is 2. The highest BCUT2D eigenvalue weighted by Gasteiger charge is 2.44. The molecule has 2 amide bonds. The Bertz CT molecular complexity index is 1460. The monoisotopic (exact) mass is 578 g/mol. The van der Waals surface area contributed by atoms with Crippen molar-refractivity contribution in [1.29, 1.82) is 0 Å². The summed E-state index contributed by atoms with van der Waals surface area (Å²) in [5.74, 6) is -0.0575. The average Bonchev–Trinajstić information content (AvgIpc) is 3.43. The highest BCUT2D eigenvalue weighted by molar-refractivity contribution is 6.06. The first kappa shape index (κ1) is 29.0. The van der Waals surface area contributed by atoms with Gasteiger partial charge in [0.1, 0.15) is 23.5 Å². The molecule has 3 aliphatic rings. The van der Waals surface area contributed by atoms with Crippen LogP contribution in [0.3, 0.4) is 0 Å². The molecular weight excluding hydrogens is 543 g/mol. The molecule has 222 valence electrons. The van der Waals surface area contributed by atoms with Gasteiger partial charge in [0.15, 0.2) is 0 Å². The molecule has 2 aromatic rings. The first-order valence-electron chi connectivity index (χ1n) is 13.7. The lowest BCUT2D eigenvalue weighted by Gasteiger charge is -2.42. The van der Waals surface area contributed by atoms with Crippen LogP contribution in [-0.2, 0) is 4.79 Å². The van der Waals surface area contributed by atoms with E-state index in [0.29, 0.717) is 35.7 Å². The van der Waals surface area contributed by atoms with Crippen LogP contribution in [0.5, 0.6) is 0 Å². The molecule has 7 N–H and O–H groups in total. The number of amides is 2. The molecule has 4 heterocycles. The molecular formula is C29H35FN8O4. The molecule has 1 aromatic heterocycles. The number of aliphatic imine (C=N–C) groups is 1. The lowest BCUT2D eigenvalue weighted by atomic mass is 9.88. The number of carbonyl (C=O) groups excluding carboxylic acids is 2. The number of nitrogens with two attached hydrogens (primary N) is 1. The van der Waals surface area contributed by atoms with Crippen LogP contribution in [0, 0.1) is 11.3 Å². The smallest absolute Gasteiger partial charge is 0.256 e. The second-order valence-electron chi connectivity index (χ2n) is 11.2. The number of nitrogens with zero attached hydrogens (tertiary/aromatic N) is 4. The van der Waals surface area contributed by atoms with Gasteiger partial charge >= 0.3 is 0 Å². The molecule has 12 nitrogen and oxygen atoms in total. The van der Waals surface area contributed by atoms with Gasteiger partial charge in [-0.25, -0.2) is 15.5 Å². The number of benzene rings is 1. The maximum atomic E-state index is 13.2. The normalized spacial score (nSPS) is 20.4. The van der Waals surface area contributed by atoms with Crippen LogP contribution in [0.4, 0.5) is 16.0 Å². The fraction of sp³-hybridized carbons (Fsp3) is 0.379. The number of aliphatic hydroxyl groups excluding tert-OH is 2. The van der Waals surface area contributed by atoms with Crippen molar-refractivity contribution in [3.8, 4) is 0 Å². The summed E-state index contributed by atoms with van der Waals surface area (Å²) >= 11 is 0. The predicted molar refractivity (Wildman–Crippen MR) is 156 cm³/mol. The van der Waals surface area contributed by atoms with Gasteiger partial charge in [0.05, 0.1) is 41.9 Å². The SMILES string of the molecule is CC(C)(CO)C(=O)N1CCCC(C2NC(c3ccc(C(=O)Nc4cc(NF)ccn4)cc3)=C3C(N)=NC=C(CO)N32)C1. The third kappa shape index (κ3) is 5.52. The predicted octanol–water partition coefficient (Wildman–Crippen LogP) is 1.99. The van der Waals surface area contributed by atoms with E-state index >= 15 is 0 Å². The number of piperidine rings is 1. The Morgan fingerprint density at radius 2 is 1.98 bits per heavy atom. The number of nitrogens with one attached hydrogen (secondary N) is 3. The van der Waals surface area contributed by atoms with E-state index in [-0.39, 0.29) is 48.5 Å². The van der Waals surface area contributed by atoms with Gasteiger partial charge in [0.2, 0.25) is 5.91 Å². The van der Waals surface area contributed by atoms with E-state index < -0.39 is 11.3 Å². The van der Waals surface area contributed by atoms with Crippen LogP contribution in [0.1, 0.15) is 42.6 Å². The summed E-state index contributed by atoms with van der Waals surface area (Å²) in [5.41, 5.74) is 10.2. The third-order valence-corrected chi connectivity index (χ3v) is 7.83. The summed E-state index contributed by atoms with van der Waals surface area (Å²) in [6, 6.07) is 9.68. The molecule has 1 aromatic carbocycles. The van der Waals surface area contributed by atoms with Crippen molar-refractivity contribution in [3.63, 3.8) is 0 Å². The molecule has 0 spiro atoms. The molecule has 1 saturated heterocycles. The number of pyridine rings is 1. The van der Waals surface area contributed by atoms with Crippen molar-refractivity contribution in [2.75, 3.05) is 37.2 Å². The minimum Gasteiger partial charge on any atom is -0.395 e. The molecule has 0 radical (unpaired) electrons. The Kier molecular flexibility index (Phi) is 8.14. The van der Waals surface area contributed by atoms with Crippen molar-refractivity contribution < 1.29 is 24.3 Å². The van der Waals surface area contributed by atoms with Crippen LogP contribution >= 0.6 is 0 Å². The van der Waals surface area contributed by atoms with Crippen molar-refractivity contribution in [1.82, 2.24) is 20.1 Å². The maximum absolute atomic E-state index is 13.2. The van der Waals surface area contributed by atoms with Crippen LogP contribution in [0.15, 0.2) is 65.2 Å². The van der Waals surface area contributed by atoms with Gasteiger partial charge in [0.25, 0.3) is 5.91 Å². The van der Waals surface area contributed by atoms with E-state index in [0.717, 1.165) is 18.4 Å². The largest absolute Gasteiger partial charge is 0.395 e. The summed E-state index contributed by atoms with van der Waals surface area (Å²) in [6.45, 7) is 4.05. The van der Waals surface area contributed by atoms with Crippen LogP contribution in [0.2, 0.25) is 0 Å². The second kappa shape index (κ2) is 11.8. The number of rotatable bonds is 8. The van der Waals surface area contributed by atoms with Gasteiger partial charge in [-0.1, -0.05) is 12.1 Å². The Morgan fingerprint density at radius 3 is 2.67 bits per heavy atom. The Morgan fingerprint density at radius 1 is 1.21 bits per heavy atom. The molecule has 42 heavy (non-hydrogen) atoms. The van der Waals surface area contributed by atoms with Crippen molar-refractivity contribution >= 4 is 34.9 Å². The molecule has 1 fully saturated rings. The molecule has 0 aliphatic carbocycles. The fourth-order valence-corrected chi connectivity index (χ4v) is 5.53. The van der Waals surface area contributed by atoms with Gasteiger partial charge in [0, 0.05) is 36.8 Å². The van der Waals surface area contributed by atoms with E-state index in [4.69, 9.17) is 5.73 Å². The van der Waals surface area contributed by atoms with Crippen molar-refractivity contribution in [2.24, 2.45) is 22.1 Å². The first-order valence-corrected chi connectivity index (χ1v) is 13.7. The van der Waals surface area contributed by atoms with Gasteiger partial charge < -0.3 is 36.4 Å². The fourth-order valence-electron chi connectivity index (χ4n) is 5.53. The maximum Gasteiger partial charge on any atom is 0.256 e. The summed E-state index contributed by atoms with van der Waals surface area (Å²) in [7, 11) is 0. The number of hydrogen-bond donors (Lipinski definition) is 6. The van der Waals surface area contributed by atoms with Gasteiger partial charge in [-0.2, -0.15) is 0 Å². The Balaban J connectivity index is 1.40. The molecule has 13 heteroatoms. The highest BCUT2D eigenvalue weighted by atomic mass is 19.2. The minimum absolute atomic E-state index is 0.0160. The molecule has 2 atom stereocenters. The molecule has 0 saturated carbocycles. The quantitative estimate of drug-likeness (QED) is 0.257. The lowest BCUT2D eigenvalue weighted by Crippen LogP contribution is -2.54. The topological polar surface area (TPSA) is 168 Å². The van der Waals surface area contributed by atoms with E-state index in [1.165, 1.54) is 23.9 Å². The van der Waals surface area contributed by atoms with E-state index in [2.05, 4.69) is 20.6 Å². The number of likely N-dealkylation sites (tertiary alicyclic amines) is 1. The van der Waals surface area contributed by atoms with Crippen molar-refractivity contribution in [3.05, 3.63) is 71.3 Å². The molecule has 3 aliphatic heterocycles. The Labute approximate surface area is 242 Å². The van der Waals surface area contributed by atoms with Crippen LogP contribution in [-0.4, -0.2) is 75.1 Å². The summed E-state index contributed by atoms with van der Waals surface area (Å²) in [6.07, 6.45) is 4.23. The number of amidine groups is 1. The number of halogens is 1. The highest BCUT2D eigenvalue weighted by Crippen LogP contribution is 2.38. The van der Waals surface area contributed by atoms with E-state index in [1.54, 1.807) is 49.2 Å². The Hall–Kier alpha value is -4.49. The number of aromatic nitrogens is 1. The van der Waals surface area contributed by atoms with Crippen LogP contribution < -0.4 is 21.9 Å². The zero-order valence-electron chi connectivity index (χ0n) is 23.5. The zero-order valence-corrected chi connectivity index (χ0v) is 23.5. The summed E-state index contributed by atoms with van der Waals surface area (Å²) in [4.78, 5) is 38.1. The van der Waals surface area contributed by atoms with Crippen molar-refractivity contribution in [2.45, 2.75) is 32.9 Å².